The van der Waals surface area contributed by atoms with E-state index in [2.05, 4.69) is 27.2 Å². The summed E-state index contributed by atoms with van der Waals surface area (Å²) in [6, 6.07) is 8.14. The van der Waals surface area contributed by atoms with Gasteiger partial charge in [-0.3, -0.25) is 9.69 Å². The summed E-state index contributed by atoms with van der Waals surface area (Å²) in [5.41, 5.74) is 2.98. The summed E-state index contributed by atoms with van der Waals surface area (Å²) in [5.74, 6) is 2.50. The van der Waals surface area contributed by atoms with Gasteiger partial charge >= 0.3 is 0 Å². The lowest BCUT2D eigenvalue weighted by atomic mass is 10.0. The Bertz CT molecular complexity index is 781. The molecule has 3 rings (SSSR count). The molecule has 1 aliphatic heterocycles. The SMILES string of the molecule is COc1ccc(CN2CCc3oc(C)c(C(=O)NCCN(C)C)c3C2)cc1. The van der Waals surface area contributed by atoms with Crippen LogP contribution < -0.4 is 10.1 Å². The Morgan fingerprint density at radius 1 is 1.30 bits per heavy atom. The van der Waals surface area contributed by atoms with E-state index in [1.807, 2.05) is 33.2 Å². The first-order valence-corrected chi connectivity index (χ1v) is 9.37. The molecule has 146 valence electrons. The molecule has 27 heavy (non-hydrogen) atoms. The Morgan fingerprint density at radius 2 is 2.04 bits per heavy atom. The van der Waals surface area contributed by atoms with Crippen LogP contribution in [0.4, 0.5) is 0 Å². The highest BCUT2D eigenvalue weighted by molar-refractivity contribution is 5.97. The first kappa shape index (κ1) is 19.5. The highest BCUT2D eigenvalue weighted by atomic mass is 16.5. The van der Waals surface area contributed by atoms with Gasteiger partial charge in [0.2, 0.25) is 0 Å². The number of nitrogens with one attached hydrogen (secondary N) is 1. The Hall–Kier alpha value is -2.31. The number of fused-ring (bicyclic) bond motifs is 1. The van der Waals surface area contributed by atoms with Gasteiger partial charge in [-0.05, 0) is 38.7 Å². The average molecular weight is 371 g/mol. The van der Waals surface area contributed by atoms with Crippen LogP contribution in [0, 0.1) is 6.92 Å². The Morgan fingerprint density at radius 3 is 2.70 bits per heavy atom. The molecule has 1 N–H and O–H groups in total. The number of hydrogen-bond acceptors (Lipinski definition) is 5. The van der Waals surface area contributed by atoms with Gasteiger partial charge in [0.15, 0.2) is 0 Å². The third-order valence-electron chi connectivity index (χ3n) is 4.94. The number of nitrogens with zero attached hydrogens (tertiary/aromatic N) is 2. The van der Waals surface area contributed by atoms with Gasteiger partial charge in [0.05, 0.1) is 12.7 Å². The fraction of sp³-hybridized carbons (Fsp3) is 0.476. The lowest BCUT2D eigenvalue weighted by Crippen LogP contribution is -2.34. The predicted octanol–water partition coefficient (Wildman–Crippen LogP) is 2.45. The lowest BCUT2D eigenvalue weighted by molar-refractivity contribution is 0.0947. The molecule has 1 amide bonds. The summed E-state index contributed by atoms with van der Waals surface area (Å²) in [5, 5.41) is 3.01. The van der Waals surface area contributed by atoms with Crippen molar-refractivity contribution < 1.29 is 13.9 Å². The van der Waals surface area contributed by atoms with E-state index in [0.29, 0.717) is 17.9 Å². The van der Waals surface area contributed by atoms with Crippen LogP contribution in [0.15, 0.2) is 28.7 Å². The number of benzene rings is 1. The second-order valence-corrected chi connectivity index (χ2v) is 7.30. The van der Waals surface area contributed by atoms with Crippen molar-refractivity contribution in [3.63, 3.8) is 0 Å². The molecule has 0 unspecified atom stereocenters. The quantitative estimate of drug-likeness (QED) is 0.810. The van der Waals surface area contributed by atoms with Gasteiger partial charge in [0.25, 0.3) is 5.91 Å². The van der Waals surface area contributed by atoms with E-state index in [1.54, 1.807) is 7.11 Å². The van der Waals surface area contributed by atoms with Crippen LogP contribution in [-0.4, -0.2) is 56.5 Å². The fourth-order valence-corrected chi connectivity index (χ4v) is 3.48. The summed E-state index contributed by atoms with van der Waals surface area (Å²) in [6.07, 6.45) is 0.831. The maximum atomic E-state index is 12.7. The molecule has 6 heteroatoms. The number of carbonyl (C=O) groups excluding carboxylic acids is 1. The molecule has 0 bridgehead atoms. The number of likely N-dealkylation sites (N-methyl/N-ethyl adjacent to an activating group) is 1. The minimum Gasteiger partial charge on any atom is -0.497 e. The lowest BCUT2D eigenvalue weighted by Gasteiger charge is -2.26. The molecule has 1 aromatic heterocycles. The minimum absolute atomic E-state index is 0.0364. The van der Waals surface area contributed by atoms with Gasteiger partial charge in [-0.25, -0.2) is 0 Å². The Balaban J connectivity index is 1.69. The zero-order valence-corrected chi connectivity index (χ0v) is 16.7. The monoisotopic (exact) mass is 371 g/mol. The molecular formula is C21H29N3O3. The molecule has 0 saturated heterocycles. The van der Waals surface area contributed by atoms with Crippen molar-refractivity contribution >= 4 is 5.91 Å². The zero-order chi connectivity index (χ0) is 19.4. The van der Waals surface area contributed by atoms with Gasteiger partial charge in [-0.15, -0.1) is 0 Å². The third kappa shape index (κ3) is 4.70. The van der Waals surface area contributed by atoms with E-state index in [9.17, 15) is 4.79 Å². The van der Waals surface area contributed by atoms with E-state index >= 15 is 0 Å². The largest absolute Gasteiger partial charge is 0.497 e. The van der Waals surface area contributed by atoms with Gasteiger partial charge in [0.1, 0.15) is 17.3 Å². The van der Waals surface area contributed by atoms with Crippen LogP contribution in [-0.2, 0) is 19.5 Å². The van der Waals surface area contributed by atoms with Crippen molar-refractivity contribution in [2.45, 2.75) is 26.4 Å². The van der Waals surface area contributed by atoms with Crippen molar-refractivity contribution in [1.29, 1.82) is 0 Å². The molecule has 2 aromatic rings. The first-order valence-electron chi connectivity index (χ1n) is 9.37. The summed E-state index contributed by atoms with van der Waals surface area (Å²) in [4.78, 5) is 17.1. The number of carbonyl (C=O) groups is 1. The van der Waals surface area contributed by atoms with E-state index in [4.69, 9.17) is 9.15 Å². The molecule has 0 atom stereocenters. The second-order valence-electron chi connectivity index (χ2n) is 7.30. The van der Waals surface area contributed by atoms with Crippen molar-refractivity contribution in [3.8, 4) is 5.75 Å². The number of ether oxygens (including phenoxy) is 1. The Kier molecular flexibility index (Phi) is 6.19. The molecular weight excluding hydrogens is 342 g/mol. The van der Waals surface area contributed by atoms with Crippen LogP contribution >= 0.6 is 0 Å². The van der Waals surface area contributed by atoms with Crippen LogP contribution in [0.5, 0.6) is 5.75 Å². The normalized spacial score (nSPS) is 14.3. The van der Waals surface area contributed by atoms with Crippen molar-refractivity contribution in [1.82, 2.24) is 15.1 Å². The van der Waals surface area contributed by atoms with Crippen molar-refractivity contribution in [2.75, 3.05) is 40.8 Å². The Labute approximate surface area is 161 Å². The molecule has 0 fully saturated rings. The molecule has 6 nitrogen and oxygen atoms in total. The third-order valence-corrected chi connectivity index (χ3v) is 4.94. The second kappa shape index (κ2) is 8.59. The molecule has 0 saturated carbocycles. The molecule has 1 aliphatic rings. The number of amides is 1. The number of aryl methyl sites for hydroxylation is 1. The van der Waals surface area contributed by atoms with Gasteiger partial charge in [-0.2, -0.15) is 0 Å². The minimum atomic E-state index is -0.0364. The first-order chi connectivity index (χ1) is 13.0. The standard InChI is InChI=1S/C21H29N3O3/c1-15-20(21(25)22-10-12-23(2)3)18-14-24(11-9-19(18)27-15)13-16-5-7-17(26-4)8-6-16/h5-8H,9-14H2,1-4H3,(H,22,25). The highest BCUT2D eigenvalue weighted by Gasteiger charge is 2.28. The molecule has 0 radical (unpaired) electrons. The average Bonchev–Trinajstić information content (AvgIpc) is 2.97. The maximum Gasteiger partial charge on any atom is 0.255 e. The van der Waals surface area contributed by atoms with Crippen LogP contribution in [0.2, 0.25) is 0 Å². The van der Waals surface area contributed by atoms with Crippen LogP contribution in [0.1, 0.15) is 33.0 Å². The molecule has 1 aromatic carbocycles. The summed E-state index contributed by atoms with van der Waals surface area (Å²) in [7, 11) is 5.66. The zero-order valence-electron chi connectivity index (χ0n) is 16.7. The van der Waals surface area contributed by atoms with Crippen molar-refractivity contribution in [3.05, 3.63) is 52.5 Å². The number of furan rings is 1. The predicted molar refractivity (Wildman–Crippen MR) is 105 cm³/mol. The topological polar surface area (TPSA) is 58.0 Å². The summed E-state index contributed by atoms with van der Waals surface area (Å²) >= 11 is 0. The number of methoxy groups -OCH3 is 1. The summed E-state index contributed by atoms with van der Waals surface area (Å²) in [6.45, 7) is 5.82. The van der Waals surface area contributed by atoms with Crippen molar-refractivity contribution in [2.24, 2.45) is 0 Å². The molecule has 2 heterocycles. The van der Waals surface area contributed by atoms with Gasteiger partial charge in [0, 0.05) is 44.7 Å². The highest BCUT2D eigenvalue weighted by Crippen LogP contribution is 2.29. The summed E-state index contributed by atoms with van der Waals surface area (Å²) < 4.78 is 11.1. The maximum absolute atomic E-state index is 12.7. The molecule has 0 aliphatic carbocycles. The fourth-order valence-electron chi connectivity index (χ4n) is 3.48. The van der Waals surface area contributed by atoms with Crippen LogP contribution in [0.25, 0.3) is 0 Å². The molecule has 0 spiro atoms. The van der Waals surface area contributed by atoms with Gasteiger partial charge < -0.3 is 19.4 Å². The van der Waals surface area contributed by atoms with E-state index in [-0.39, 0.29) is 5.91 Å². The van der Waals surface area contributed by atoms with Gasteiger partial charge in [-0.1, -0.05) is 12.1 Å². The number of hydrogen-bond donors (Lipinski definition) is 1. The smallest absolute Gasteiger partial charge is 0.255 e. The van der Waals surface area contributed by atoms with E-state index in [1.165, 1.54) is 5.56 Å². The number of rotatable bonds is 7. The van der Waals surface area contributed by atoms with E-state index < -0.39 is 0 Å². The van der Waals surface area contributed by atoms with E-state index in [0.717, 1.165) is 49.7 Å². The van der Waals surface area contributed by atoms with Crippen LogP contribution in [0.3, 0.4) is 0 Å².